The Morgan fingerprint density at radius 2 is 2.00 bits per heavy atom. The van der Waals surface area contributed by atoms with E-state index in [9.17, 15) is 4.79 Å². The van der Waals surface area contributed by atoms with Crippen LogP contribution >= 0.6 is 0 Å². The molecule has 2 saturated heterocycles. The number of anilines is 1. The maximum absolute atomic E-state index is 12.6. The number of hydrogen-bond acceptors (Lipinski definition) is 2. The van der Waals surface area contributed by atoms with Crippen molar-refractivity contribution >= 4 is 11.7 Å². The van der Waals surface area contributed by atoms with Crippen molar-refractivity contribution < 1.29 is 4.79 Å². The summed E-state index contributed by atoms with van der Waals surface area (Å²) in [5, 5.41) is 6.61. The first-order valence-corrected chi connectivity index (χ1v) is 8.12. The minimum Gasteiger partial charge on any atom is -0.320 e. The second-order valence-electron chi connectivity index (χ2n) is 6.26. The number of amides is 2. The highest BCUT2D eigenvalue weighted by Gasteiger charge is 2.34. The number of piperidine rings is 1. The fraction of sp³-hybridized carbons (Fsp3) is 0.588. The molecule has 2 heterocycles. The van der Waals surface area contributed by atoms with E-state index < -0.39 is 0 Å². The zero-order valence-corrected chi connectivity index (χ0v) is 12.8. The van der Waals surface area contributed by atoms with E-state index in [0.29, 0.717) is 12.1 Å². The van der Waals surface area contributed by atoms with Crippen LogP contribution in [0.3, 0.4) is 0 Å². The molecule has 1 aromatic carbocycles. The number of urea groups is 1. The van der Waals surface area contributed by atoms with E-state index in [1.807, 2.05) is 29.2 Å². The number of nitrogens with zero attached hydrogens (tertiary/aromatic N) is 1. The van der Waals surface area contributed by atoms with Gasteiger partial charge in [0.05, 0.1) is 0 Å². The minimum atomic E-state index is 0.0530. The van der Waals surface area contributed by atoms with Gasteiger partial charge in [-0.15, -0.1) is 0 Å². The molecule has 21 heavy (non-hydrogen) atoms. The summed E-state index contributed by atoms with van der Waals surface area (Å²) in [6.45, 7) is 4.02. The molecule has 0 radical (unpaired) electrons. The number of likely N-dealkylation sites (tertiary alicyclic amines) is 1. The molecule has 1 aromatic rings. The number of benzene rings is 1. The Hall–Kier alpha value is -1.55. The van der Waals surface area contributed by atoms with Gasteiger partial charge < -0.3 is 15.5 Å². The van der Waals surface area contributed by atoms with Crippen LogP contribution in [0.2, 0.25) is 0 Å². The Balaban J connectivity index is 1.67. The highest BCUT2D eigenvalue weighted by molar-refractivity contribution is 5.89. The highest BCUT2D eigenvalue weighted by atomic mass is 16.2. The van der Waals surface area contributed by atoms with E-state index in [4.69, 9.17) is 0 Å². The van der Waals surface area contributed by atoms with Crippen LogP contribution in [0, 0.1) is 6.92 Å². The fourth-order valence-corrected chi connectivity index (χ4v) is 3.50. The lowest BCUT2D eigenvalue weighted by atomic mass is 9.95. The van der Waals surface area contributed by atoms with Gasteiger partial charge >= 0.3 is 6.03 Å². The third-order valence-electron chi connectivity index (χ3n) is 4.68. The first-order valence-electron chi connectivity index (χ1n) is 8.12. The van der Waals surface area contributed by atoms with Gasteiger partial charge in [-0.3, -0.25) is 0 Å². The summed E-state index contributed by atoms with van der Waals surface area (Å²) < 4.78 is 0. The van der Waals surface area contributed by atoms with Crippen molar-refractivity contribution in [3.63, 3.8) is 0 Å². The number of nitrogens with one attached hydrogen (secondary N) is 2. The SMILES string of the molecule is Cc1ccc(NC(=O)N2CCCCC2C2CCCN2)cc1. The van der Waals surface area contributed by atoms with Crippen LogP contribution in [-0.4, -0.2) is 36.1 Å². The van der Waals surface area contributed by atoms with E-state index in [-0.39, 0.29) is 6.03 Å². The first kappa shape index (κ1) is 14.4. The van der Waals surface area contributed by atoms with E-state index in [2.05, 4.69) is 17.6 Å². The first-order chi connectivity index (χ1) is 10.2. The molecule has 0 saturated carbocycles. The monoisotopic (exact) mass is 287 g/mol. The van der Waals surface area contributed by atoms with Crippen molar-refractivity contribution in [2.24, 2.45) is 0 Å². The Morgan fingerprint density at radius 3 is 2.71 bits per heavy atom. The van der Waals surface area contributed by atoms with E-state index in [0.717, 1.165) is 31.6 Å². The molecule has 4 nitrogen and oxygen atoms in total. The van der Waals surface area contributed by atoms with Gasteiger partial charge in [0.25, 0.3) is 0 Å². The van der Waals surface area contributed by atoms with Crippen molar-refractivity contribution in [1.29, 1.82) is 0 Å². The van der Waals surface area contributed by atoms with Gasteiger partial charge in [-0.1, -0.05) is 17.7 Å². The Kier molecular flexibility index (Phi) is 4.44. The van der Waals surface area contributed by atoms with Crippen molar-refractivity contribution in [3.05, 3.63) is 29.8 Å². The van der Waals surface area contributed by atoms with Crippen LogP contribution in [0.15, 0.2) is 24.3 Å². The van der Waals surface area contributed by atoms with E-state index >= 15 is 0 Å². The summed E-state index contributed by atoms with van der Waals surface area (Å²) in [5.74, 6) is 0. The lowest BCUT2D eigenvalue weighted by Crippen LogP contribution is -2.53. The predicted octanol–water partition coefficient (Wildman–Crippen LogP) is 3.13. The summed E-state index contributed by atoms with van der Waals surface area (Å²) >= 11 is 0. The van der Waals surface area contributed by atoms with Gasteiger partial charge in [0.1, 0.15) is 0 Å². The molecule has 2 N–H and O–H groups in total. The standard InChI is InChI=1S/C17H25N3O/c1-13-7-9-14(10-8-13)19-17(21)20-12-3-2-6-16(20)15-5-4-11-18-15/h7-10,15-16,18H,2-6,11-12H2,1H3,(H,19,21). The zero-order valence-electron chi connectivity index (χ0n) is 12.8. The molecule has 0 spiro atoms. The topological polar surface area (TPSA) is 44.4 Å². The van der Waals surface area contributed by atoms with Crippen LogP contribution < -0.4 is 10.6 Å². The predicted molar refractivity (Wildman–Crippen MR) is 85.6 cm³/mol. The Labute approximate surface area is 126 Å². The number of carbonyl (C=O) groups is 1. The van der Waals surface area contributed by atoms with Crippen molar-refractivity contribution in [2.75, 3.05) is 18.4 Å². The van der Waals surface area contributed by atoms with Crippen LogP contribution in [0.25, 0.3) is 0 Å². The molecular weight excluding hydrogens is 262 g/mol. The molecule has 114 valence electrons. The molecule has 2 aliphatic heterocycles. The molecule has 4 heteroatoms. The minimum absolute atomic E-state index is 0.0530. The second-order valence-corrected chi connectivity index (χ2v) is 6.26. The van der Waals surface area contributed by atoms with Gasteiger partial charge in [-0.05, 0) is 57.7 Å². The molecule has 2 atom stereocenters. The fourth-order valence-electron chi connectivity index (χ4n) is 3.50. The van der Waals surface area contributed by atoms with Crippen LogP contribution in [0.4, 0.5) is 10.5 Å². The van der Waals surface area contributed by atoms with Gasteiger partial charge in [0.2, 0.25) is 0 Å². The average Bonchev–Trinajstić information content (AvgIpc) is 3.04. The van der Waals surface area contributed by atoms with Gasteiger partial charge in [0.15, 0.2) is 0 Å². The van der Waals surface area contributed by atoms with Crippen LogP contribution in [0.5, 0.6) is 0 Å². The average molecular weight is 287 g/mol. The smallest absolute Gasteiger partial charge is 0.320 e. The lowest BCUT2D eigenvalue weighted by molar-refractivity contribution is 0.143. The van der Waals surface area contributed by atoms with E-state index in [1.54, 1.807) is 0 Å². The summed E-state index contributed by atoms with van der Waals surface area (Å²) in [7, 11) is 0. The maximum atomic E-state index is 12.6. The second kappa shape index (κ2) is 6.48. The number of hydrogen-bond donors (Lipinski definition) is 2. The molecular formula is C17H25N3O. The van der Waals surface area contributed by atoms with Crippen molar-refractivity contribution in [3.8, 4) is 0 Å². The normalized spacial score (nSPS) is 25.9. The summed E-state index contributed by atoms with van der Waals surface area (Å²) in [5.41, 5.74) is 2.09. The highest BCUT2D eigenvalue weighted by Crippen LogP contribution is 2.25. The Morgan fingerprint density at radius 1 is 1.19 bits per heavy atom. The zero-order chi connectivity index (χ0) is 14.7. The van der Waals surface area contributed by atoms with Gasteiger partial charge in [-0.25, -0.2) is 4.79 Å². The molecule has 2 amide bonds. The summed E-state index contributed by atoms with van der Waals surface area (Å²) in [6.07, 6.45) is 5.90. The van der Waals surface area contributed by atoms with Crippen LogP contribution in [0.1, 0.15) is 37.7 Å². The number of carbonyl (C=O) groups excluding carboxylic acids is 1. The lowest BCUT2D eigenvalue weighted by Gasteiger charge is -2.39. The molecule has 2 fully saturated rings. The Bertz CT molecular complexity index is 479. The molecule has 0 aliphatic carbocycles. The summed E-state index contributed by atoms with van der Waals surface area (Å²) in [6, 6.07) is 8.89. The third kappa shape index (κ3) is 3.38. The van der Waals surface area contributed by atoms with Gasteiger partial charge in [0, 0.05) is 24.3 Å². The molecule has 0 aromatic heterocycles. The van der Waals surface area contributed by atoms with Crippen molar-refractivity contribution in [1.82, 2.24) is 10.2 Å². The van der Waals surface area contributed by atoms with E-state index in [1.165, 1.54) is 24.8 Å². The number of rotatable bonds is 2. The third-order valence-corrected chi connectivity index (χ3v) is 4.68. The molecule has 3 rings (SSSR count). The number of aryl methyl sites for hydroxylation is 1. The van der Waals surface area contributed by atoms with Crippen molar-refractivity contribution in [2.45, 2.75) is 51.1 Å². The summed E-state index contributed by atoms with van der Waals surface area (Å²) in [4.78, 5) is 14.7. The largest absolute Gasteiger partial charge is 0.322 e. The molecule has 2 aliphatic rings. The molecule has 2 unspecified atom stereocenters. The van der Waals surface area contributed by atoms with Gasteiger partial charge in [-0.2, -0.15) is 0 Å². The molecule has 0 bridgehead atoms. The maximum Gasteiger partial charge on any atom is 0.322 e. The van der Waals surface area contributed by atoms with Crippen LogP contribution in [-0.2, 0) is 0 Å². The quantitative estimate of drug-likeness (QED) is 0.877.